The van der Waals surface area contributed by atoms with Crippen molar-refractivity contribution in [1.29, 1.82) is 0 Å². The number of pyridine rings is 1. The molecular formula is C16H19N5O3. The first-order chi connectivity index (χ1) is 11.7. The summed E-state index contributed by atoms with van der Waals surface area (Å²) in [7, 11) is 1.55. The van der Waals surface area contributed by atoms with E-state index >= 15 is 0 Å². The third-order valence-electron chi connectivity index (χ3n) is 3.93. The first-order valence-corrected chi connectivity index (χ1v) is 7.68. The Bertz CT molecular complexity index is 680. The first kappa shape index (κ1) is 16.1. The normalized spacial score (nSPS) is 20.5. The Hall–Kier alpha value is -2.74. The zero-order valence-corrected chi connectivity index (χ0v) is 13.3. The molecule has 1 fully saturated rings. The SMILES string of the molecule is COc1cnc(N2CC[C@@H](NC(=O)c3ccccn3)[C@H](O)C2)nc1. The standard InChI is InChI=1S/C16H19N5O3/c1-24-11-8-18-16(19-9-11)21-7-5-12(14(22)10-21)20-15(23)13-4-2-3-6-17-13/h2-4,6,8-9,12,14,22H,5,7,10H2,1H3,(H,20,23)/t12-,14-/m1/s1. The van der Waals surface area contributed by atoms with E-state index in [4.69, 9.17) is 4.74 Å². The number of hydrogen-bond acceptors (Lipinski definition) is 7. The predicted octanol–water partition coefficient (Wildman–Crippen LogP) is 0.250. The van der Waals surface area contributed by atoms with Crippen molar-refractivity contribution in [2.24, 2.45) is 0 Å². The number of aliphatic hydroxyl groups is 1. The maximum atomic E-state index is 12.1. The van der Waals surface area contributed by atoms with E-state index < -0.39 is 6.10 Å². The molecule has 8 heteroatoms. The van der Waals surface area contributed by atoms with Crippen LogP contribution in [0.4, 0.5) is 5.95 Å². The molecule has 0 saturated carbocycles. The fourth-order valence-corrected chi connectivity index (χ4v) is 2.60. The number of anilines is 1. The van der Waals surface area contributed by atoms with Crippen LogP contribution in [0.25, 0.3) is 0 Å². The Morgan fingerprint density at radius 2 is 2.12 bits per heavy atom. The Labute approximate surface area is 139 Å². The van der Waals surface area contributed by atoms with Crippen LogP contribution in [0, 0.1) is 0 Å². The van der Waals surface area contributed by atoms with Crippen LogP contribution in [0.15, 0.2) is 36.8 Å². The van der Waals surface area contributed by atoms with Crippen LogP contribution in [-0.4, -0.2) is 58.3 Å². The van der Waals surface area contributed by atoms with Crippen molar-refractivity contribution in [3.05, 3.63) is 42.5 Å². The van der Waals surface area contributed by atoms with Crippen LogP contribution in [0.5, 0.6) is 5.75 Å². The molecule has 24 heavy (non-hydrogen) atoms. The number of hydrogen-bond donors (Lipinski definition) is 2. The fraction of sp³-hybridized carbons (Fsp3) is 0.375. The highest BCUT2D eigenvalue weighted by molar-refractivity contribution is 5.92. The molecule has 2 aromatic heterocycles. The number of carbonyl (C=O) groups excluding carboxylic acids is 1. The molecule has 1 amide bonds. The highest BCUT2D eigenvalue weighted by Crippen LogP contribution is 2.18. The van der Waals surface area contributed by atoms with Gasteiger partial charge in [-0.15, -0.1) is 0 Å². The molecule has 8 nitrogen and oxygen atoms in total. The molecule has 2 atom stereocenters. The number of amides is 1. The molecule has 1 aliphatic rings. The van der Waals surface area contributed by atoms with Gasteiger partial charge in [-0.2, -0.15) is 0 Å². The number of aliphatic hydroxyl groups excluding tert-OH is 1. The number of carbonyl (C=O) groups is 1. The van der Waals surface area contributed by atoms with Crippen molar-refractivity contribution in [2.45, 2.75) is 18.6 Å². The molecule has 0 spiro atoms. The van der Waals surface area contributed by atoms with Gasteiger partial charge in [0.25, 0.3) is 5.91 Å². The minimum Gasteiger partial charge on any atom is -0.494 e. The van der Waals surface area contributed by atoms with Crippen LogP contribution in [0.1, 0.15) is 16.9 Å². The number of nitrogens with zero attached hydrogens (tertiary/aromatic N) is 4. The summed E-state index contributed by atoms with van der Waals surface area (Å²) in [6.45, 7) is 0.982. The molecule has 0 radical (unpaired) electrons. The van der Waals surface area contributed by atoms with Crippen LogP contribution in [0.3, 0.4) is 0 Å². The summed E-state index contributed by atoms with van der Waals surface area (Å²) in [6.07, 6.45) is 4.62. The molecule has 2 aromatic rings. The van der Waals surface area contributed by atoms with Gasteiger partial charge in [0.1, 0.15) is 5.69 Å². The van der Waals surface area contributed by atoms with Gasteiger partial charge in [-0.05, 0) is 18.6 Å². The summed E-state index contributed by atoms with van der Waals surface area (Å²) >= 11 is 0. The van der Waals surface area contributed by atoms with Crippen LogP contribution in [0.2, 0.25) is 0 Å². The minimum atomic E-state index is -0.711. The molecular weight excluding hydrogens is 310 g/mol. The number of methoxy groups -OCH3 is 1. The predicted molar refractivity (Wildman–Crippen MR) is 86.9 cm³/mol. The average Bonchev–Trinajstić information content (AvgIpc) is 2.64. The number of nitrogens with one attached hydrogen (secondary N) is 1. The molecule has 1 aliphatic heterocycles. The molecule has 3 rings (SSSR count). The zero-order valence-electron chi connectivity index (χ0n) is 13.3. The quantitative estimate of drug-likeness (QED) is 0.829. The van der Waals surface area contributed by atoms with Gasteiger partial charge in [0.2, 0.25) is 5.95 Å². The van der Waals surface area contributed by atoms with Gasteiger partial charge in [-0.1, -0.05) is 6.07 Å². The van der Waals surface area contributed by atoms with E-state index in [0.29, 0.717) is 36.9 Å². The molecule has 1 saturated heterocycles. The van der Waals surface area contributed by atoms with E-state index in [0.717, 1.165) is 0 Å². The maximum absolute atomic E-state index is 12.1. The highest BCUT2D eigenvalue weighted by atomic mass is 16.5. The van der Waals surface area contributed by atoms with Gasteiger partial charge in [-0.3, -0.25) is 9.78 Å². The molecule has 2 N–H and O–H groups in total. The van der Waals surface area contributed by atoms with Crippen LogP contribution >= 0.6 is 0 Å². The lowest BCUT2D eigenvalue weighted by Crippen LogP contribution is -2.54. The van der Waals surface area contributed by atoms with Gasteiger partial charge in [-0.25, -0.2) is 9.97 Å². The first-order valence-electron chi connectivity index (χ1n) is 7.68. The van der Waals surface area contributed by atoms with Crippen molar-refractivity contribution >= 4 is 11.9 Å². The third kappa shape index (κ3) is 3.60. The molecule has 126 valence electrons. The summed E-state index contributed by atoms with van der Waals surface area (Å²) in [5.41, 5.74) is 0.339. The highest BCUT2D eigenvalue weighted by Gasteiger charge is 2.30. The number of ether oxygens (including phenoxy) is 1. The molecule has 0 bridgehead atoms. The third-order valence-corrected chi connectivity index (χ3v) is 3.93. The number of aromatic nitrogens is 3. The van der Waals surface area contributed by atoms with E-state index in [1.54, 1.807) is 43.9 Å². The van der Waals surface area contributed by atoms with E-state index in [2.05, 4.69) is 20.3 Å². The fourth-order valence-electron chi connectivity index (χ4n) is 2.60. The second kappa shape index (κ2) is 7.22. The summed E-state index contributed by atoms with van der Waals surface area (Å²) in [5, 5.41) is 13.2. The summed E-state index contributed by atoms with van der Waals surface area (Å²) < 4.78 is 5.03. The molecule has 0 aliphatic carbocycles. The van der Waals surface area contributed by atoms with Crippen molar-refractivity contribution in [3.8, 4) is 5.75 Å². The van der Waals surface area contributed by atoms with Gasteiger partial charge in [0.15, 0.2) is 5.75 Å². The van der Waals surface area contributed by atoms with E-state index in [-0.39, 0.29) is 11.9 Å². The van der Waals surface area contributed by atoms with Gasteiger partial charge in [0.05, 0.1) is 31.6 Å². The Morgan fingerprint density at radius 3 is 2.75 bits per heavy atom. The van der Waals surface area contributed by atoms with E-state index in [9.17, 15) is 9.90 Å². The summed E-state index contributed by atoms with van der Waals surface area (Å²) in [5.74, 6) is 0.829. The Balaban J connectivity index is 1.59. The van der Waals surface area contributed by atoms with Crippen molar-refractivity contribution < 1.29 is 14.6 Å². The summed E-state index contributed by atoms with van der Waals surface area (Å²) in [4.78, 5) is 26.5. The smallest absolute Gasteiger partial charge is 0.270 e. The number of rotatable bonds is 4. The number of piperidine rings is 1. The van der Waals surface area contributed by atoms with Crippen molar-refractivity contribution in [1.82, 2.24) is 20.3 Å². The van der Waals surface area contributed by atoms with Crippen molar-refractivity contribution in [2.75, 3.05) is 25.1 Å². The van der Waals surface area contributed by atoms with Gasteiger partial charge < -0.3 is 20.1 Å². The van der Waals surface area contributed by atoms with Crippen LogP contribution < -0.4 is 15.0 Å². The maximum Gasteiger partial charge on any atom is 0.270 e. The molecule has 0 aromatic carbocycles. The monoisotopic (exact) mass is 329 g/mol. The minimum absolute atomic E-state index is 0.284. The largest absolute Gasteiger partial charge is 0.494 e. The van der Waals surface area contributed by atoms with Gasteiger partial charge >= 0.3 is 0 Å². The number of β-amino-alcohol motifs (C(OH)–C–C–N with tert-alkyl or cyclic N) is 1. The van der Waals surface area contributed by atoms with Crippen molar-refractivity contribution in [3.63, 3.8) is 0 Å². The lowest BCUT2D eigenvalue weighted by atomic mass is 10.0. The average molecular weight is 329 g/mol. The molecule has 0 unspecified atom stereocenters. The lowest BCUT2D eigenvalue weighted by molar-refractivity contribution is 0.0792. The van der Waals surface area contributed by atoms with E-state index in [1.165, 1.54) is 0 Å². The second-order valence-corrected chi connectivity index (χ2v) is 5.52. The Morgan fingerprint density at radius 1 is 1.33 bits per heavy atom. The zero-order chi connectivity index (χ0) is 16.9. The van der Waals surface area contributed by atoms with E-state index in [1.807, 2.05) is 4.90 Å². The molecule has 3 heterocycles. The lowest BCUT2D eigenvalue weighted by Gasteiger charge is -2.36. The summed E-state index contributed by atoms with van der Waals surface area (Å²) in [6, 6.07) is 4.82. The van der Waals surface area contributed by atoms with Gasteiger partial charge in [0, 0.05) is 19.3 Å². The second-order valence-electron chi connectivity index (χ2n) is 5.52. The Kier molecular flexibility index (Phi) is 4.85. The van der Waals surface area contributed by atoms with Crippen LogP contribution in [-0.2, 0) is 0 Å². The topological polar surface area (TPSA) is 100 Å².